The number of carbonyl (C=O) groups excluding carboxylic acids is 1. The van der Waals surface area contributed by atoms with E-state index in [0.717, 1.165) is 36.8 Å². The Morgan fingerprint density at radius 2 is 1.91 bits per heavy atom. The van der Waals surface area contributed by atoms with Crippen LogP contribution in [0.3, 0.4) is 0 Å². The Morgan fingerprint density at radius 3 is 2.62 bits per heavy atom. The highest BCUT2D eigenvalue weighted by molar-refractivity contribution is 7.22. The van der Waals surface area contributed by atoms with Gasteiger partial charge in [0.2, 0.25) is 0 Å². The van der Waals surface area contributed by atoms with Crippen LogP contribution in [-0.4, -0.2) is 49.6 Å². The van der Waals surface area contributed by atoms with Crippen LogP contribution in [0.1, 0.15) is 36.5 Å². The van der Waals surface area contributed by atoms with Crippen molar-refractivity contribution in [2.75, 3.05) is 38.7 Å². The van der Waals surface area contributed by atoms with Gasteiger partial charge in [-0.25, -0.2) is 13.8 Å². The van der Waals surface area contributed by atoms with E-state index < -0.39 is 11.6 Å². The summed E-state index contributed by atoms with van der Waals surface area (Å²) in [6.07, 6.45) is 2.66. The van der Waals surface area contributed by atoms with Crippen LogP contribution in [0.15, 0.2) is 36.4 Å². The number of ether oxygens (including phenoxy) is 1. The summed E-state index contributed by atoms with van der Waals surface area (Å²) in [5.74, 6) is -1.02. The topological polar surface area (TPSA) is 45.7 Å². The SMILES string of the molecule is CCCCOc1cccc(C(=O)N(CCCN(C)C)c2nc3c(F)cc(F)cc3s2)c1.Cl. The number of benzene rings is 2. The number of thiazole rings is 1. The molecule has 0 saturated heterocycles. The van der Waals surface area contributed by atoms with Gasteiger partial charge in [-0.05, 0) is 57.7 Å². The fourth-order valence-electron chi connectivity index (χ4n) is 3.10. The van der Waals surface area contributed by atoms with Gasteiger partial charge in [-0.2, -0.15) is 0 Å². The van der Waals surface area contributed by atoms with Crippen molar-refractivity contribution in [3.05, 3.63) is 53.6 Å². The smallest absolute Gasteiger partial charge is 0.260 e. The Labute approximate surface area is 197 Å². The van der Waals surface area contributed by atoms with Gasteiger partial charge < -0.3 is 9.64 Å². The van der Waals surface area contributed by atoms with Crippen LogP contribution in [0, 0.1) is 11.6 Å². The van der Waals surface area contributed by atoms with Gasteiger partial charge in [0.25, 0.3) is 5.91 Å². The zero-order valence-corrected chi connectivity index (χ0v) is 20.1. The van der Waals surface area contributed by atoms with E-state index in [1.165, 1.54) is 11.0 Å². The number of unbranched alkanes of at least 4 members (excludes halogenated alkanes) is 1. The van der Waals surface area contributed by atoms with E-state index in [1.807, 2.05) is 25.1 Å². The highest BCUT2D eigenvalue weighted by Gasteiger charge is 2.23. The molecule has 174 valence electrons. The third kappa shape index (κ3) is 6.60. The molecule has 0 spiro atoms. The van der Waals surface area contributed by atoms with E-state index in [1.54, 1.807) is 18.2 Å². The summed E-state index contributed by atoms with van der Waals surface area (Å²) in [6.45, 7) is 3.85. The lowest BCUT2D eigenvalue weighted by atomic mass is 10.2. The average Bonchev–Trinajstić information content (AvgIpc) is 3.15. The molecule has 0 atom stereocenters. The molecular weight excluding hydrogens is 456 g/mol. The molecule has 3 rings (SSSR count). The second-order valence-corrected chi connectivity index (χ2v) is 8.58. The molecule has 0 saturated carbocycles. The van der Waals surface area contributed by atoms with E-state index in [9.17, 15) is 13.6 Å². The van der Waals surface area contributed by atoms with Crippen molar-refractivity contribution < 1.29 is 18.3 Å². The van der Waals surface area contributed by atoms with Gasteiger partial charge in [0.15, 0.2) is 10.9 Å². The van der Waals surface area contributed by atoms with E-state index in [0.29, 0.717) is 40.7 Å². The molecule has 32 heavy (non-hydrogen) atoms. The number of hydrogen-bond acceptors (Lipinski definition) is 5. The minimum atomic E-state index is -0.732. The molecule has 0 unspecified atom stereocenters. The number of rotatable bonds is 10. The minimum absolute atomic E-state index is 0. The average molecular weight is 484 g/mol. The van der Waals surface area contributed by atoms with Crippen LogP contribution in [-0.2, 0) is 0 Å². The number of aromatic nitrogens is 1. The maximum absolute atomic E-state index is 14.2. The van der Waals surface area contributed by atoms with Gasteiger partial charge in [-0.1, -0.05) is 30.7 Å². The van der Waals surface area contributed by atoms with Crippen molar-refractivity contribution in [3.8, 4) is 5.75 Å². The Hall–Kier alpha value is -2.29. The molecule has 0 aliphatic heterocycles. The molecule has 5 nitrogen and oxygen atoms in total. The van der Waals surface area contributed by atoms with Gasteiger partial charge in [0, 0.05) is 18.2 Å². The Kier molecular flexibility index (Phi) is 9.81. The first kappa shape index (κ1) is 26.0. The number of amides is 1. The van der Waals surface area contributed by atoms with Gasteiger partial charge in [0.1, 0.15) is 17.1 Å². The van der Waals surface area contributed by atoms with Crippen molar-refractivity contribution in [1.82, 2.24) is 9.88 Å². The van der Waals surface area contributed by atoms with Crippen LogP contribution in [0.2, 0.25) is 0 Å². The first-order valence-corrected chi connectivity index (χ1v) is 11.2. The summed E-state index contributed by atoms with van der Waals surface area (Å²) >= 11 is 1.11. The monoisotopic (exact) mass is 483 g/mol. The van der Waals surface area contributed by atoms with Crippen LogP contribution in [0.5, 0.6) is 5.75 Å². The summed E-state index contributed by atoms with van der Waals surface area (Å²) in [7, 11) is 3.91. The standard InChI is InChI=1S/C23H27F2N3O2S.ClH/c1-4-5-12-30-18-9-6-8-16(13-18)22(29)28(11-7-10-27(2)3)23-26-21-19(25)14-17(24)15-20(21)31-23;/h6,8-9,13-15H,4-5,7,10-12H2,1-3H3;1H. The lowest BCUT2D eigenvalue weighted by molar-refractivity contribution is 0.0985. The molecule has 0 bridgehead atoms. The van der Waals surface area contributed by atoms with Crippen molar-refractivity contribution in [2.24, 2.45) is 0 Å². The van der Waals surface area contributed by atoms with Gasteiger partial charge in [0.05, 0.1) is 11.3 Å². The zero-order chi connectivity index (χ0) is 22.4. The lowest BCUT2D eigenvalue weighted by Crippen LogP contribution is -2.33. The maximum atomic E-state index is 14.2. The van der Waals surface area contributed by atoms with E-state index in [4.69, 9.17) is 4.74 Å². The quantitative estimate of drug-likeness (QED) is 0.343. The zero-order valence-electron chi connectivity index (χ0n) is 18.4. The molecule has 0 radical (unpaired) electrons. The molecule has 0 fully saturated rings. The molecular formula is C23H28ClF2N3O2S. The van der Waals surface area contributed by atoms with Gasteiger partial charge in [-0.3, -0.25) is 9.69 Å². The first-order valence-electron chi connectivity index (χ1n) is 10.3. The van der Waals surface area contributed by atoms with Gasteiger partial charge in [-0.15, -0.1) is 12.4 Å². The van der Waals surface area contributed by atoms with E-state index in [2.05, 4.69) is 11.9 Å². The van der Waals surface area contributed by atoms with Crippen molar-refractivity contribution in [2.45, 2.75) is 26.2 Å². The van der Waals surface area contributed by atoms with E-state index in [-0.39, 0.29) is 23.8 Å². The summed E-state index contributed by atoms with van der Waals surface area (Å²) in [5.41, 5.74) is 0.535. The summed E-state index contributed by atoms with van der Waals surface area (Å²) < 4.78 is 33.9. The Bertz CT molecular complexity index is 1050. The number of carbonyl (C=O) groups is 1. The molecule has 9 heteroatoms. The highest BCUT2D eigenvalue weighted by Crippen LogP contribution is 2.32. The molecule has 1 heterocycles. The third-order valence-corrected chi connectivity index (χ3v) is 5.74. The largest absolute Gasteiger partial charge is 0.494 e. The Morgan fingerprint density at radius 1 is 1.12 bits per heavy atom. The molecule has 1 aromatic heterocycles. The predicted octanol–water partition coefficient (Wildman–Crippen LogP) is 5.77. The minimum Gasteiger partial charge on any atom is -0.494 e. The van der Waals surface area contributed by atoms with Crippen molar-refractivity contribution >= 4 is 45.0 Å². The summed E-state index contributed by atoms with van der Waals surface area (Å²) in [6, 6.07) is 9.08. The number of fused-ring (bicyclic) bond motifs is 1. The molecule has 2 aromatic carbocycles. The second-order valence-electron chi connectivity index (χ2n) is 7.57. The normalized spacial score (nSPS) is 10.9. The molecule has 0 aliphatic carbocycles. The highest BCUT2D eigenvalue weighted by atomic mass is 35.5. The maximum Gasteiger partial charge on any atom is 0.260 e. The van der Waals surface area contributed by atoms with Crippen LogP contribution < -0.4 is 9.64 Å². The number of anilines is 1. The van der Waals surface area contributed by atoms with Crippen molar-refractivity contribution in [3.63, 3.8) is 0 Å². The van der Waals surface area contributed by atoms with Gasteiger partial charge >= 0.3 is 0 Å². The molecule has 0 aliphatic rings. The molecule has 0 N–H and O–H groups in total. The fraction of sp³-hybridized carbons (Fsp3) is 0.391. The number of halogens is 3. The van der Waals surface area contributed by atoms with E-state index >= 15 is 0 Å². The summed E-state index contributed by atoms with van der Waals surface area (Å²) in [4.78, 5) is 21.3. The lowest BCUT2D eigenvalue weighted by Gasteiger charge is -2.21. The van der Waals surface area contributed by atoms with Crippen LogP contribution in [0.25, 0.3) is 10.2 Å². The van der Waals surface area contributed by atoms with Crippen LogP contribution in [0.4, 0.5) is 13.9 Å². The second kappa shape index (κ2) is 12.1. The van der Waals surface area contributed by atoms with Crippen LogP contribution >= 0.6 is 23.7 Å². The Balaban J connectivity index is 0.00000363. The predicted molar refractivity (Wildman–Crippen MR) is 128 cm³/mol. The number of hydrogen-bond donors (Lipinski definition) is 0. The fourth-order valence-corrected chi connectivity index (χ4v) is 4.13. The summed E-state index contributed by atoms with van der Waals surface area (Å²) in [5, 5.41) is 0.348. The first-order chi connectivity index (χ1) is 14.9. The molecule has 1 amide bonds. The third-order valence-electron chi connectivity index (χ3n) is 4.71. The number of nitrogens with zero attached hydrogens (tertiary/aromatic N) is 3. The van der Waals surface area contributed by atoms with Crippen molar-refractivity contribution in [1.29, 1.82) is 0 Å². The molecule has 3 aromatic rings.